The third-order valence-corrected chi connectivity index (χ3v) is 3.12. The molecule has 0 spiro atoms. The quantitative estimate of drug-likeness (QED) is 0.705. The van der Waals surface area contributed by atoms with Gasteiger partial charge in [0.05, 0.1) is 6.10 Å². The molecule has 0 aromatic carbocycles. The summed E-state index contributed by atoms with van der Waals surface area (Å²) in [4.78, 5) is 2.51. The molecule has 0 bridgehead atoms. The second-order valence-corrected chi connectivity index (χ2v) is 4.46. The number of rotatable bonds is 4. The normalized spacial score (nSPS) is 31.7. The van der Waals surface area contributed by atoms with Crippen molar-refractivity contribution in [1.82, 2.24) is 10.2 Å². The molecule has 84 valence electrons. The van der Waals surface area contributed by atoms with E-state index in [-0.39, 0.29) is 6.10 Å². The van der Waals surface area contributed by atoms with Crippen LogP contribution in [0.25, 0.3) is 0 Å². The van der Waals surface area contributed by atoms with E-state index >= 15 is 0 Å². The Labute approximate surface area is 87.5 Å². The van der Waals surface area contributed by atoms with Crippen LogP contribution in [0.15, 0.2) is 0 Å². The zero-order valence-electron chi connectivity index (χ0n) is 9.66. The fourth-order valence-corrected chi connectivity index (χ4v) is 2.21. The van der Waals surface area contributed by atoms with Crippen molar-refractivity contribution in [2.75, 3.05) is 19.6 Å². The van der Waals surface area contributed by atoms with Gasteiger partial charge in [0.25, 0.3) is 0 Å². The summed E-state index contributed by atoms with van der Waals surface area (Å²) in [5.74, 6) is 0. The summed E-state index contributed by atoms with van der Waals surface area (Å²) in [7, 11) is 0. The van der Waals surface area contributed by atoms with Crippen molar-refractivity contribution >= 4 is 0 Å². The molecule has 3 heteroatoms. The minimum Gasteiger partial charge on any atom is -0.392 e. The molecule has 3 nitrogen and oxygen atoms in total. The Hall–Kier alpha value is -0.120. The second-order valence-electron chi connectivity index (χ2n) is 4.46. The number of nitrogens with one attached hydrogen (secondary N) is 1. The summed E-state index contributed by atoms with van der Waals surface area (Å²) in [5.41, 5.74) is 0. The molecule has 1 heterocycles. The molecule has 0 aromatic rings. The van der Waals surface area contributed by atoms with Crippen LogP contribution in [-0.2, 0) is 0 Å². The van der Waals surface area contributed by atoms with Crippen LogP contribution in [0.4, 0.5) is 0 Å². The van der Waals surface area contributed by atoms with E-state index in [1.54, 1.807) is 0 Å². The van der Waals surface area contributed by atoms with Crippen LogP contribution in [0, 0.1) is 0 Å². The predicted octanol–water partition coefficient (Wildman–Crippen LogP) is 0.830. The molecule has 1 saturated heterocycles. The monoisotopic (exact) mass is 200 g/mol. The average molecular weight is 200 g/mol. The first-order valence-electron chi connectivity index (χ1n) is 5.79. The number of piperidine rings is 1. The summed E-state index contributed by atoms with van der Waals surface area (Å²) >= 11 is 0. The molecular weight excluding hydrogens is 176 g/mol. The first kappa shape index (κ1) is 12.0. The fourth-order valence-electron chi connectivity index (χ4n) is 2.21. The lowest BCUT2D eigenvalue weighted by Gasteiger charge is -2.37. The molecule has 3 atom stereocenters. The Balaban J connectivity index is 2.24. The van der Waals surface area contributed by atoms with E-state index in [1.165, 1.54) is 19.4 Å². The van der Waals surface area contributed by atoms with Gasteiger partial charge in [-0.2, -0.15) is 0 Å². The average Bonchev–Trinajstić information content (AvgIpc) is 2.15. The molecule has 2 unspecified atom stereocenters. The number of likely N-dealkylation sites (tertiary alicyclic amines) is 1. The zero-order chi connectivity index (χ0) is 10.6. The molecule has 1 fully saturated rings. The second kappa shape index (κ2) is 5.69. The summed E-state index contributed by atoms with van der Waals surface area (Å²) in [6.07, 6.45) is 2.19. The Morgan fingerprint density at radius 2 is 2.29 bits per heavy atom. The highest BCUT2D eigenvalue weighted by Crippen LogP contribution is 2.16. The van der Waals surface area contributed by atoms with Gasteiger partial charge >= 0.3 is 0 Å². The lowest BCUT2D eigenvalue weighted by Crippen LogP contribution is -2.48. The van der Waals surface area contributed by atoms with Gasteiger partial charge in [-0.15, -0.1) is 0 Å². The minimum absolute atomic E-state index is 0.227. The highest BCUT2D eigenvalue weighted by atomic mass is 16.3. The van der Waals surface area contributed by atoms with Gasteiger partial charge < -0.3 is 15.3 Å². The lowest BCUT2D eigenvalue weighted by atomic mass is 9.98. The van der Waals surface area contributed by atoms with E-state index in [4.69, 9.17) is 0 Å². The molecule has 0 aliphatic carbocycles. The van der Waals surface area contributed by atoms with Crippen LogP contribution in [0.1, 0.15) is 33.6 Å². The van der Waals surface area contributed by atoms with E-state index in [1.807, 2.05) is 6.92 Å². The van der Waals surface area contributed by atoms with Crippen molar-refractivity contribution < 1.29 is 5.11 Å². The third-order valence-electron chi connectivity index (χ3n) is 3.12. The van der Waals surface area contributed by atoms with Crippen molar-refractivity contribution in [3.63, 3.8) is 0 Å². The standard InChI is InChI=1S/C11H24N2O/c1-4-13-6-5-11(7-9(13)2)12-8-10(3)14/h9-12,14H,4-8H2,1-3H3/t9?,10-,11?/m0/s1. The number of aliphatic hydroxyl groups is 1. The van der Waals surface area contributed by atoms with Crippen LogP contribution in [-0.4, -0.2) is 47.8 Å². The van der Waals surface area contributed by atoms with Gasteiger partial charge in [0.15, 0.2) is 0 Å². The van der Waals surface area contributed by atoms with Gasteiger partial charge in [-0.25, -0.2) is 0 Å². The van der Waals surface area contributed by atoms with E-state index in [0.29, 0.717) is 12.1 Å². The smallest absolute Gasteiger partial charge is 0.0636 e. The Morgan fingerprint density at radius 3 is 2.79 bits per heavy atom. The van der Waals surface area contributed by atoms with Gasteiger partial charge in [-0.3, -0.25) is 0 Å². The molecule has 1 aliphatic rings. The Kier molecular flexibility index (Phi) is 4.85. The van der Waals surface area contributed by atoms with Gasteiger partial charge in [0, 0.05) is 18.6 Å². The molecule has 2 N–H and O–H groups in total. The Bertz CT molecular complexity index is 161. The fraction of sp³-hybridized carbons (Fsp3) is 1.00. The van der Waals surface area contributed by atoms with Gasteiger partial charge in [-0.05, 0) is 39.8 Å². The molecule has 1 rings (SSSR count). The topological polar surface area (TPSA) is 35.5 Å². The van der Waals surface area contributed by atoms with Gasteiger partial charge in [0.1, 0.15) is 0 Å². The molecule has 0 aromatic heterocycles. The molecule has 0 amide bonds. The molecule has 1 aliphatic heterocycles. The maximum atomic E-state index is 9.17. The van der Waals surface area contributed by atoms with Crippen LogP contribution in [0.5, 0.6) is 0 Å². The van der Waals surface area contributed by atoms with Crippen LogP contribution < -0.4 is 5.32 Å². The molecule has 0 radical (unpaired) electrons. The summed E-state index contributed by atoms with van der Waals surface area (Å²) in [6.45, 7) is 9.42. The number of nitrogens with zero attached hydrogens (tertiary/aromatic N) is 1. The van der Waals surface area contributed by atoms with Crippen LogP contribution in [0.3, 0.4) is 0 Å². The number of aliphatic hydroxyl groups excluding tert-OH is 1. The number of hydrogen-bond donors (Lipinski definition) is 2. The van der Waals surface area contributed by atoms with Crippen molar-refractivity contribution in [3.8, 4) is 0 Å². The summed E-state index contributed by atoms with van der Waals surface area (Å²) in [6, 6.07) is 1.28. The summed E-state index contributed by atoms with van der Waals surface area (Å²) in [5, 5.41) is 12.6. The van der Waals surface area contributed by atoms with Crippen LogP contribution >= 0.6 is 0 Å². The Morgan fingerprint density at radius 1 is 1.57 bits per heavy atom. The van der Waals surface area contributed by atoms with E-state index < -0.39 is 0 Å². The largest absolute Gasteiger partial charge is 0.392 e. The molecule has 14 heavy (non-hydrogen) atoms. The molecular formula is C11H24N2O. The highest BCUT2D eigenvalue weighted by Gasteiger charge is 2.23. The zero-order valence-corrected chi connectivity index (χ0v) is 9.66. The SMILES string of the molecule is CCN1CCC(NC[C@H](C)O)CC1C. The highest BCUT2D eigenvalue weighted by molar-refractivity contribution is 4.82. The number of hydrogen-bond acceptors (Lipinski definition) is 3. The van der Waals surface area contributed by atoms with Gasteiger partial charge in [0.2, 0.25) is 0 Å². The van der Waals surface area contributed by atoms with Crippen molar-refractivity contribution in [1.29, 1.82) is 0 Å². The van der Waals surface area contributed by atoms with E-state index in [2.05, 4.69) is 24.1 Å². The predicted molar refractivity (Wildman–Crippen MR) is 59.4 cm³/mol. The van der Waals surface area contributed by atoms with Crippen molar-refractivity contribution in [2.24, 2.45) is 0 Å². The first-order chi connectivity index (χ1) is 6.63. The first-order valence-corrected chi connectivity index (χ1v) is 5.79. The van der Waals surface area contributed by atoms with E-state index in [0.717, 1.165) is 13.1 Å². The van der Waals surface area contributed by atoms with E-state index in [9.17, 15) is 5.11 Å². The molecule has 0 saturated carbocycles. The minimum atomic E-state index is -0.227. The van der Waals surface area contributed by atoms with Crippen LogP contribution in [0.2, 0.25) is 0 Å². The summed E-state index contributed by atoms with van der Waals surface area (Å²) < 4.78 is 0. The lowest BCUT2D eigenvalue weighted by molar-refractivity contribution is 0.129. The third kappa shape index (κ3) is 3.56. The van der Waals surface area contributed by atoms with Crippen molar-refractivity contribution in [2.45, 2.75) is 51.8 Å². The maximum absolute atomic E-state index is 9.17. The maximum Gasteiger partial charge on any atom is 0.0636 e. The van der Waals surface area contributed by atoms with Crippen molar-refractivity contribution in [3.05, 3.63) is 0 Å². The van der Waals surface area contributed by atoms with Gasteiger partial charge in [-0.1, -0.05) is 6.92 Å².